The molecule has 0 aliphatic carbocycles. The number of rotatable bonds is 18. The van der Waals surface area contributed by atoms with Crippen molar-refractivity contribution in [2.24, 2.45) is 0 Å². The lowest BCUT2D eigenvalue weighted by Gasteiger charge is -2.34. The van der Waals surface area contributed by atoms with Gasteiger partial charge in [-0.15, -0.1) is 4.67 Å². The van der Waals surface area contributed by atoms with Crippen molar-refractivity contribution in [3.05, 3.63) is 101 Å². The van der Waals surface area contributed by atoms with Crippen LogP contribution < -0.4 is 22.5 Å². The van der Waals surface area contributed by atoms with Gasteiger partial charge >= 0.3 is 33.4 Å². The first-order valence-corrected chi connectivity index (χ1v) is 24.9. The number of aliphatic hydroxyl groups is 1. The molecule has 72 heavy (non-hydrogen) atoms. The maximum atomic E-state index is 14.1. The summed E-state index contributed by atoms with van der Waals surface area (Å²) in [6.07, 6.45) is -6.94. The van der Waals surface area contributed by atoms with E-state index in [1.165, 1.54) is 52.3 Å². The Bertz CT molecular complexity index is 2910. The molecule has 0 saturated carbocycles. The van der Waals surface area contributed by atoms with Gasteiger partial charge < -0.3 is 55.5 Å². The highest BCUT2D eigenvalue weighted by Gasteiger charge is 2.50. The van der Waals surface area contributed by atoms with Crippen molar-refractivity contribution in [1.82, 2.24) is 34.0 Å². The van der Waals surface area contributed by atoms with E-state index in [1.807, 2.05) is 0 Å². The minimum absolute atomic E-state index is 0.00897. The van der Waals surface area contributed by atoms with E-state index in [9.17, 15) is 52.5 Å². The van der Waals surface area contributed by atoms with Crippen LogP contribution in [-0.2, 0) is 69.3 Å². The molecule has 9 atom stereocenters. The van der Waals surface area contributed by atoms with Gasteiger partial charge in [-0.25, -0.2) is 47.7 Å². The molecule has 2 unspecified atom stereocenters. The summed E-state index contributed by atoms with van der Waals surface area (Å²) in [5, 5.41) is 14.5. The molecule has 3 saturated heterocycles. The predicted octanol–water partition coefficient (Wildman–Crippen LogP) is 1.76. The van der Waals surface area contributed by atoms with Crippen LogP contribution in [0.5, 0.6) is 0 Å². The number of fused-ring (bicyclic) bond motifs is 1. The maximum absolute atomic E-state index is 14.1. The minimum atomic E-state index is -5.32. The molecule has 2 aromatic carbocycles. The number of aromatic nitrogens is 6. The number of nitrogens with two attached hydrogens (primary N) is 2. The average molecular weight is 1050 g/mol. The van der Waals surface area contributed by atoms with Gasteiger partial charge in [0.2, 0.25) is 5.91 Å². The fraction of sp³-hybridized carbons (Fsp3) is 0.415. The molecular formula is C41H47FN10O18P2. The highest BCUT2D eigenvalue weighted by molar-refractivity contribution is 7.47. The largest absolute Gasteiger partial charge is 0.499 e. The SMILES string of the molecule is Nc1ccn([C@@H]2O[C@H](COP(=O)(O)O)C[C@H]2OOP(=O)(O)OC[C@H]2OC(n3cnc4c(N)ncnc43)[C@H](O)[C@@H]2OC(=O)[C@@H]2CCCCN2C(=O)OCc2ccc(NC(=O)Cc3ccc(F)cc3)cc2)c(=O)n1. The Balaban J connectivity index is 0.924. The number of benzene rings is 2. The van der Waals surface area contributed by atoms with E-state index < -0.39 is 101 Å². The topological polar surface area (TPSA) is 386 Å². The zero-order valence-corrected chi connectivity index (χ0v) is 39.3. The van der Waals surface area contributed by atoms with E-state index in [-0.39, 0.29) is 61.1 Å². The van der Waals surface area contributed by atoms with Crippen LogP contribution in [0.4, 0.5) is 26.5 Å². The number of nitrogen functional groups attached to an aromatic ring is 2. The Hall–Kier alpha value is -6.33. The van der Waals surface area contributed by atoms with E-state index in [0.717, 1.165) is 10.9 Å². The lowest BCUT2D eigenvalue weighted by Crippen LogP contribution is -2.51. The van der Waals surface area contributed by atoms with Crippen LogP contribution in [0.3, 0.4) is 0 Å². The van der Waals surface area contributed by atoms with Gasteiger partial charge in [-0.1, -0.05) is 24.3 Å². The van der Waals surface area contributed by atoms with Gasteiger partial charge in [-0.3, -0.25) is 27.9 Å². The van der Waals surface area contributed by atoms with Crippen LogP contribution >= 0.6 is 15.6 Å². The van der Waals surface area contributed by atoms with Crippen molar-refractivity contribution < 1.29 is 85.2 Å². The van der Waals surface area contributed by atoms with Crippen molar-refractivity contribution in [3.8, 4) is 0 Å². The quantitative estimate of drug-likeness (QED) is 0.0284. The van der Waals surface area contributed by atoms with Gasteiger partial charge in [0, 0.05) is 24.8 Å². The van der Waals surface area contributed by atoms with Gasteiger partial charge in [0.05, 0.1) is 32.1 Å². The molecule has 31 heteroatoms. The molecule has 386 valence electrons. The van der Waals surface area contributed by atoms with Gasteiger partial charge in [0.15, 0.2) is 30.0 Å². The first-order chi connectivity index (χ1) is 34.3. The Labute approximate surface area is 405 Å². The van der Waals surface area contributed by atoms with E-state index >= 15 is 0 Å². The Morgan fingerprint density at radius 1 is 0.903 bits per heavy atom. The number of imidazole rings is 1. The van der Waals surface area contributed by atoms with Crippen molar-refractivity contribution in [2.45, 2.75) is 87.7 Å². The normalized spacial score (nSPS) is 24.2. The van der Waals surface area contributed by atoms with Gasteiger partial charge in [0.1, 0.15) is 54.4 Å². The number of amides is 2. The monoisotopic (exact) mass is 1050 g/mol. The highest BCUT2D eigenvalue weighted by Crippen LogP contribution is 2.47. The number of carbonyl (C=O) groups excluding carboxylic acids is 3. The molecule has 3 fully saturated rings. The summed E-state index contributed by atoms with van der Waals surface area (Å²) in [6, 6.07) is 12.0. The smallest absolute Gasteiger partial charge is 0.455 e. The number of ether oxygens (including phenoxy) is 4. The number of nitrogens with zero attached hydrogens (tertiary/aromatic N) is 7. The highest BCUT2D eigenvalue weighted by atomic mass is 31.2. The van der Waals surface area contributed by atoms with Crippen molar-refractivity contribution in [2.75, 3.05) is 36.5 Å². The molecule has 6 heterocycles. The number of nitrogens with one attached hydrogen (secondary N) is 1. The summed E-state index contributed by atoms with van der Waals surface area (Å²) in [6.45, 7) is -1.74. The third kappa shape index (κ3) is 12.8. The van der Waals surface area contributed by atoms with Crippen LogP contribution in [0, 0.1) is 5.82 Å². The molecule has 3 aliphatic rings. The molecule has 2 amide bonds. The van der Waals surface area contributed by atoms with E-state index in [4.69, 9.17) is 44.5 Å². The Morgan fingerprint density at radius 3 is 2.39 bits per heavy atom. The molecule has 9 N–H and O–H groups in total. The van der Waals surface area contributed by atoms with Crippen LogP contribution in [0.25, 0.3) is 11.2 Å². The predicted molar refractivity (Wildman–Crippen MR) is 240 cm³/mol. The maximum Gasteiger partial charge on any atom is 0.499 e. The summed E-state index contributed by atoms with van der Waals surface area (Å²) >= 11 is 0. The molecule has 5 aromatic rings. The molecule has 3 aliphatic heterocycles. The first-order valence-electron chi connectivity index (χ1n) is 21.9. The summed E-state index contributed by atoms with van der Waals surface area (Å²) in [5.41, 5.74) is 12.5. The van der Waals surface area contributed by atoms with Gasteiger partial charge in [-0.2, -0.15) is 4.98 Å². The van der Waals surface area contributed by atoms with Crippen molar-refractivity contribution in [3.63, 3.8) is 0 Å². The summed E-state index contributed by atoms with van der Waals surface area (Å²) in [5.74, 6) is -1.90. The third-order valence-electron chi connectivity index (χ3n) is 11.5. The zero-order valence-electron chi connectivity index (χ0n) is 37.5. The number of likely N-dealkylation sites (tertiary alicyclic amines) is 1. The summed E-state index contributed by atoms with van der Waals surface area (Å²) < 4.78 is 77.9. The second-order valence-corrected chi connectivity index (χ2v) is 19.1. The molecule has 0 bridgehead atoms. The molecule has 8 rings (SSSR count). The molecule has 0 spiro atoms. The number of phosphoric ester groups is 2. The number of carbonyl (C=O) groups is 3. The summed E-state index contributed by atoms with van der Waals surface area (Å²) in [4.78, 5) is 104. The van der Waals surface area contributed by atoms with Crippen LogP contribution in [0.1, 0.15) is 49.3 Å². The third-order valence-corrected chi connectivity index (χ3v) is 12.7. The first kappa shape index (κ1) is 52.0. The van der Waals surface area contributed by atoms with Crippen molar-refractivity contribution in [1.29, 1.82) is 0 Å². The van der Waals surface area contributed by atoms with E-state index in [2.05, 4.69) is 29.8 Å². The molecule has 0 radical (unpaired) electrons. The minimum Gasteiger partial charge on any atom is -0.455 e. The van der Waals surface area contributed by atoms with Crippen LogP contribution in [0.2, 0.25) is 0 Å². The van der Waals surface area contributed by atoms with E-state index in [1.54, 1.807) is 24.3 Å². The Kier molecular flexibility index (Phi) is 16.0. The van der Waals surface area contributed by atoms with Gasteiger partial charge in [0.25, 0.3) is 0 Å². The average Bonchev–Trinajstić information content (AvgIpc) is 4.05. The standard InChI is InChI=1S/C41H47FN10O18P2/c42-24-8-4-22(5-9-24)15-31(53)48-25-10-6-23(7-11-25)17-63-41(57)50-13-2-1-3-27(50)39(55)68-34-29(67-38(33(34)54)52-21-47-32-35(44)45-20-46-36(32)52)19-65-72(61,62)70-69-28-16-26(18-64-71(58,59)60)66-37(28)51-14-12-30(43)49-40(51)56/h4-12,14,20-21,26-29,33-34,37-38,54H,1-3,13,15-19H2,(H,48,53)(H,61,62)(H2,43,49,56)(H2,44,45,46)(H2,58,59,60)/t26-,27-,28+,29+,33+,34+,37+,38?/m0/s1. The fourth-order valence-corrected chi connectivity index (χ4v) is 9.01. The number of anilines is 3. The fourth-order valence-electron chi connectivity index (χ4n) is 8.05. The number of hydrogen-bond acceptors (Lipinski definition) is 21. The van der Waals surface area contributed by atoms with E-state index in [0.29, 0.717) is 29.7 Å². The second kappa shape index (κ2) is 22.2. The molecule has 3 aromatic heterocycles. The number of aliphatic hydroxyl groups excluding tert-OH is 1. The number of halogens is 1. The zero-order chi connectivity index (χ0) is 51.3. The summed E-state index contributed by atoms with van der Waals surface area (Å²) in [7, 11) is -10.3. The Morgan fingerprint density at radius 2 is 1.65 bits per heavy atom. The lowest BCUT2D eigenvalue weighted by atomic mass is 10.0. The van der Waals surface area contributed by atoms with Crippen molar-refractivity contribution >= 4 is 62.1 Å². The lowest BCUT2D eigenvalue weighted by molar-refractivity contribution is -0.276. The molecule has 28 nitrogen and oxygen atoms in total. The van der Waals surface area contributed by atoms with Gasteiger partial charge in [-0.05, 0) is 60.7 Å². The number of hydrogen-bond donors (Lipinski definition) is 7. The second-order valence-electron chi connectivity index (χ2n) is 16.5. The molecular weight excluding hydrogens is 1000 g/mol. The van der Waals surface area contributed by atoms with Crippen LogP contribution in [-0.4, -0.2) is 128 Å². The number of piperidine rings is 1. The van der Waals surface area contributed by atoms with Crippen LogP contribution in [0.15, 0.2) is 78.2 Å². The number of phosphoric acid groups is 2. The number of esters is 1.